The number of amides is 2. The van der Waals surface area contributed by atoms with Gasteiger partial charge in [0.25, 0.3) is 5.91 Å². The molecule has 1 heterocycles. The highest BCUT2D eigenvalue weighted by Gasteiger charge is 2.33. The summed E-state index contributed by atoms with van der Waals surface area (Å²) in [6, 6.07) is 5.24. The molecular weight excluding hydrogens is 375 g/mol. The first-order valence-corrected chi connectivity index (χ1v) is 10.7. The van der Waals surface area contributed by atoms with E-state index in [9.17, 15) is 19.1 Å². The molecule has 6 nitrogen and oxygen atoms in total. The number of carbonyl (C=O) groups is 2. The fraction of sp³-hybridized carbons (Fsp3) is 0.636. The standard InChI is InChI=1S/C22H31FN2O4/c23-17-8-6-16(7-9-17)21(27)24-13-12-18-10-11-19(20(14-26)29-18)25-22(28)15-4-2-1-3-5-15/h6-9,15,18-20,26H,1-5,10-14H2,(H,24,27)(H,25,28)/t18-,19+,20+/m0/s1. The van der Waals surface area contributed by atoms with Gasteiger partial charge in [-0.15, -0.1) is 0 Å². The van der Waals surface area contributed by atoms with Crippen molar-refractivity contribution in [1.82, 2.24) is 10.6 Å². The van der Waals surface area contributed by atoms with Crippen molar-refractivity contribution < 1.29 is 23.8 Å². The van der Waals surface area contributed by atoms with E-state index in [-0.39, 0.29) is 42.3 Å². The van der Waals surface area contributed by atoms with Gasteiger partial charge >= 0.3 is 0 Å². The summed E-state index contributed by atoms with van der Waals surface area (Å²) < 4.78 is 18.9. The summed E-state index contributed by atoms with van der Waals surface area (Å²) >= 11 is 0. The SMILES string of the molecule is O=C(NCC[C@@H]1CC[C@@H](NC(=O)C2CCCCC2)[C@@H](CO)O1)c1ccc(F)cc1. The van der Waals surface area contributed by atoms with Crippen LogP contribution in [0.25, 0.3) is 0 Å². The molecule has 1 saturated carbocycles. The molecule has 2 amide bonds. The van der Waals surface area contributed by atoms with E-state index in [4.69, 9.17) is 4.74 Å². The van der Waals surface area contributed by atoms with Crippen molar-refractivity contribution in [2.75, 3.05) is 13.2 Å². The minimum atomic E-state index is -0.422. The van der Waals surface area contributed by atoms with Gasteiger partial charge in [0.2, 0.25) is 5.91 Å². The Bertz CT molecular complexity index is 676. The largest absolute Gasteiger partial charge is 0.394 e. The van der Waals surface area contributed by atoms with Gasteiger partial charge in [0.15, 0.2) is 0 Å². The van der Waals surface area contributed by atoms with Crippen molar-refractivity contribution in [3.63, 3.8) is 0 Å². The van der Waals surface area contributed by atoms with E-state index in [1.807, 2.05) is 0 Å². The van der Waals surface area contributed by atoms with Crippen LogP contribution in [0.15, 0.2) is 24.3 Å². The third-order valence-corrected chi connectivity index (χ3v) is 5.96. The van der Waals surface area contributed by atoms with Crippen LogP contribution < -0.4 is 10.6 Å². The number of benzene rings is 1. The first-order chi connectivity index (χ1) is 14.1. The van der Waals surface area contributed by atoms with Crippen LogP contribution in [0, 0.1) is 11.7 Å². The van der Waals surface area contributed by atoms with Crippen LogP contribution in [0.5, 0.6) is 0 Å². The number of hydrogen-bond donors (Lipinski definition) is 3. The van der Waals surface area contributed by atoms with Crippen molar-refractivity contribution in [3.8, 4) is 0 Å². The third-order valence-electron chi connectivity index (χ3n) is 5.96. The Morgan fingerprint density at radius 2 is 1.79 bits per heavy atom. The van der Waals surface area contributed by atoms with E-state index in [1.165, 1.54) is 30.7 Å². The fourth-order valence-electron chi connectivity index (χ4n) is 4.22. The van der Waals surface area contributed by atoms with Gasteiger partial charge in [-0.25, -0.2) is 4.39 Å². The average Bonchev–Trinajstić information content (AvgIpc) is 2.75. The fourth-order valence-corrected chi connectivity index (χ4v) is 4.22. The molecule has 1 aromatic rings. The Hall–Kier alpha value is -1.99. The van der Waals surface area contributed by atoms with Gasteiger partial charge in [0.05, 0.1) is 18.8 Å². The second-order valence-electron chi connectivity index (χ2n) is 8.06. The maximum Gasteiger partial charge on any atom is 0.251 e. The van der Waals surface area contributed by atoms with Crippen molar-refractivity contribution >= 4 is 11.8 Å². The summed E-state index contributed by atoms with van der Waals surface area (Å²) in [4.78, 5) is 24.6. The molecule has 1 saturated heterocycles. The predicted octanol–water partition coefficient (Wildman–Crippen LogP) is 2.55. The minimum absolute atomic E-state index is 0.0801. The Kier molecular flexibility index (Phi) is 8.00. The minimum Gasteiger partial charge on any atom is -0.394 e. The predicted molar refractivity (Wildman–Crippen MR) is 107 cm³/mol. The molecule has 7 heteroatoms. The highest BCUT2D eigenvalue weighted by atomic mass is 19.1. The van der Waals surface area contributed by atoms with Gasteiger partial charge in [-0.3, -0.25) is 9.59 Å². The highest BCUT2D eigenvalue weighted by Crippen LogP contribution is 2.26. The lowest BCUT2D eigenvalue weighted by atomic mass is 9.88. The van der Waals surface area contributed by atoms with Crippen LogP contribution in [-0.2, 0) is 9.53 Å². The maximum atomic E-state index is 12.9. The van der Waals surface area contributed by atoms with Crippen LogP contribution in [0.4, 0.5) is 4.39 Å². The molecule has 2 aliphatic rings. The molecule has 1 aromatic carbocycles. The molecule has 1 aliphatic heterocycles. The molecule has 3 rings (SSSR count). The lowest BCUT2D eigenvalue weighted by Gasteiger charge is -2.37. The van der Waals surface area contributed by atoms with Crippen LogP contribution in [0.2, 0.25) is 0 Å². The molecule has 3 N–H and O–H groups in total. The van der Waals surface area contributed by atoms with Crippen molar-refractivity contribution in [2.45, 2.75) is 69.6 Å². The summed E-state index contributed by atoms with van der Waals surface area (Å²) in [6.45, 7) is 0.284. The van der Waals surface area contributed by atoms with E-state index in [2.05, 4.69) is 10.6 Å². The molecule has 160 valence electrons. The van der Waals surface area contributed by atoms with Crippen LogP contribution in [0.3, 0.4) is 0 Å². The first-order valence-electron chi connectivity index (χ1n) is 10.7. The Labute approximate surface area is 171 Å². The number of hydrogen-bond acceptors (Lipinski definition) is 4. The van der Waals surface area contributed by atoms with E-state index in [0.29, 0.717) is 18.5 Å². The van der Waals surface area contributed by atoms with E-state index in [1.54, 1.807) is 0 Å². The van der Waals surface area contributed by atoms with Gasteiger partial charge in [-0.05, 0) is 56.4 Å². The molecule has 2 fully saturated rings. The summed E-state index contributed by atoms with van der Waals surface area (Å²) in [5.74, 6) is -0.460. The Morgan fingerprint density at radius 1 is 1.07 bits per heavy atom. The number of aliphatic hydroxyl groups excluding tert-OH is 1. The van der Waals surface area contributed by atoms with Gasteiger partial charge in [-0.1, -0.05) is 19.3 Å². The zero-order valence-electron chi connectivity index (χ0n) is 16.7. The number of carbonyl (C=O) groups excluding carboxylic acids is 2. The Morgan fingerprint density at radius 3 is 2.48 bits per heavy atom. The second kappa shape index (κ2) is 10.7. The van der Waals surface area contributed by atoms with Gasteiger partial charge in [0, 0.05) is 18.0 Å². The highest BCUT2D eigenvalue weighted by molar-refractivity contribution is 5.94. The molecule has 0 unspecified atom stereocenters. The number of nitrogens with one attached hydrogen (secondary N) is 2. The van der Waals surface area contributed by atoms with Crippen molar-refractivity contribution in [3.05, 3.63) is 35.6 Å². The topological polar surface area (TPSA) is 87.7 Å². The summed E-state index contributed by atoms with van der Waals surface area (Å²) in [5, 5.41) is 15.6. The number of aliphatic hydroxyl groups is 1. The number of rotatable bonds is 7. The van der Waals surface area contributed by atoms with Crippen molar-refractivity contribution in [2.24, 2.45) is 5.92 Å². The van der Waals surface area contributed by atoms with Crippen LogP contribution in [-0.4, -0.2) is 48.3 Å². The lowest BCUT2D eigenvalue weighted by molar-refractivity contribution is -0.132. The number of ether oxygens (including phenoxy) is 1. The maximum absolute atomic E-state index is 12.9. The van der Waals surface area contributed by atoms with E-state index >= 15 is 0 Å². The molecule has 1 aliphatic carbocycles. The molecule has 0 spiro atoms. The van der Waals surface area contributed by atoms with E-state index < -0.39 is 6.10 Å². The van der Waals surface area contributed by atoms with Crippen LogP contribution in [0.1, 0.15) is 61.7 Å². The summed E-state index contributed by atoms with van der Waals surface area (Å²) in [5.41, 5.74) is 0.412. The molecule has 29 heavy (non-hydrogen) atoms. The monoisotopic (exact) mass is 406 g/mol. The molecule has 0 radical (unpaired) electrons. The summed E-state index contributed by atoms with van der Waals surface area (Å²) in [7, 11) is 0. The third kappa shape index (κ3) is 6.24. The zero-order valence-corrected chi connectivity index (χ0v) is 16.7. The lowest BCUT2D eigenvalue weighted by Crippen LogP contribution is -2.52. The quantitative estimate of drug-likeness (QED) is 0.649. The van der Waals surface area contributed by atoms with Gasteiger partial charge in [-0.2, -0.15) is 0 Å². The number of halogens is 1. The van der Waals surface area contributed by atoms with Crippen LogP contribution >= 0.6 is 0 Å². The molecule has 0 bridgehead atoms. The van der Waals surface area contributed by atoms with E-state index in [0.717, 1.165) is 38.5 Å². The van der Waals surface area contributed by atoms with Gasteiger partial charge in [0.1, 0.15) is 11.9 Å². The first kappa shape index (κ1) is 21.7. The smallest absolute Gasteiger partial charge is 0.251 e. The summed E-state index contributed by atoms with van der Waals surface area (Å²) in [6.07, 6.45) is 6.93. The Balaban J connectivity index is 1.41. The molecular formula is C22H31FN2O4. The molecule has 0 aromatic heterocycles. The second-order valence-corrected chi connectivity index (χ2v) is 8.06. The van der Waals surface area contributed by atoms with Crippen molar-refractivity contribution in [1.29, 1.82) is 0 Å². The average molecular weight is 406 g/mol. The normalized spacial score (nSPS) is 25.4. The zero-order chi connectivity index (χ0) is 20.6. The van der Waals surface area contributed by atoms with Gasteiger partial charge < -0.3 is 20.5 Å². The molecule has 3 atom stereocenters.